The number of hydrogen-bond acceptors (Lipinski definition) is 8. The van der Waals surface area contributed by atoms with Gasteiger partial charge in [0, 0.05) is 37.5 Å². The summed E-state index contributed by atoms with van der Waals surface area (Å²) in [7, 11) is 1.73. The van der Waals surface area contributed by atoms with Gasteiger partial charge >= 0.3 is 0 Å². The van der Waals surface area contributed by atoms with Crippen molar-refractivity contribution in [2.45, 2.75) is 24.7 Å². The fourth-order valence-electron chi connectivity index (χ4n) is 3.16. The number of hydrogen-bond donors (Lipinski definition) is 2. The number of rotatable bonds is 11. The van der Waals surface area contributed by atoms with Crippen molar-refractivity contribution in [2.24, 2.45) is 0 Å². The van der Waals surface area contributed by atoms with Crippen LogP contribution in [0.25, 0.3) is 5.65 Å². The van der Waals surface area contributed by atoms with Crippen LogP contribution in [0.15, 0.2) is 41.4 Å². The number of nitrogens with one attached hydrogen (secondary N) is 1. The Bertz CT molecular complexity index is 1180. The van der Waals surface area contributed by atoms with Crippen molar-refractivity contribution >= 4 is 27.2 Å². The molecule has 2 N–H and O–H groups in total. The second-order valence-electron chi connectivity index (χ2n) is 8.32. The SMILES string of the molecule is CC(C)c1cnn2c(Nc3ccc(S(=O)(=O)N(C)CCO)cc3)cc(OCCN(C)C)nc12. The van der Waals surface area contributed by atoms with Crippen molar-refractivity contribution in [3.05, 3.63) is 42.1 Å². The molecule has 2 heterocycles. The van der Waals surface area contributed by atoms with Gasteiger partial charge in [0.2, 0.25) is 15.9 Å². The highest BCUT2D eigenvalue weighted by atomic mass is 32.2. The molecule has 0 aliphatic carbocycles. The van der Waals surface area contributed by atoms with Crippen molar-refractivity contribution in [1.29, 1.82) is 0 Å². The zero-order valence-electron chi connectivity index (χ0n) is 19.7. The number of benzene rings is 1. The van der Waals surface area contributed by atoms with E-state index >= 15 is 0 Å². The van der Waals surface area contributed by atoms with Crippen molar-refractivity contribution in [3.63, 3.8) is 0 Å². The molecule has 0 fully saturated rings. The first-order valence-corrected chi connectivity index (χ1v) is 12.2. The third-order valence-electron chi connectivity index (χ3n) is 5.14. The van der Waals surface area contributed by atoms with E-state index in [0.29, 0.717) is 29.6 Å². The molecule has 0 unspecified atom stereocenters. The number of ether oxygens (including phenoxy) is 1. The molecule has 11 heteroatoms. The smallest absolute Gasteiger partial charge is 0.242 e. The first-order chi connectivity index (χ1) is 15.6. The Kier molecular flexibility index (Phi) is 7.90. The van der Waals surface area contributed by atoms with Crippen molar-refractivity contribution in [3.8, 4) is 5.88 Å². The van der Waals surface area contributed by atoms with Gasteiger partial charge in [0.1, 0.15) is 12.4 Å². The van der Waals surface area contributed by atoms with Crippen LogP contribution >= 0.6 is 0 Å². The molecular formula is C22H32N6O4S. The zero-order chi connectivity index (χ0) is 24.2. The topological polar surface area (TPSA) is 112 Å². The van der Waals surface area contributed by atoms with Crippen LogP contribution in [-0.4, -0.2) is 84.8 Å². The van der Waals surface area contributed by atoms with Crippen molar-refractivity contribution in [1.82, 2.24) is 23.8 Å². The summed E-state index contributed by atoms with van der Waals surface area (Å²) in [6, 6.07) is 8.21. The molecule has 33 heavy (non-hydrogen) atoms. The molecule has 0 spiro atoms. The highest BCUT2D eigenvalue weighted by Crippen LogP contribution is 2.27. The van der Waals surface area contributed by atoms with E-state index in [9.17, 15) is 8.42 Å². The molecule has 2 aromatic heterocycles. The molecule has 0 atom stereocenters. The number of aliphatic hydroxyl groups excluding tert-OH is 1. The van der Waals surface area contributed by atoms with E-state index < -0.39 is 10.0 Å². The molecule has 10 nitrogen and oxygen atoms in total. The van der Waals surface area contributed by atoms with Gasteiger partial charge in [0.25, 0.3) is 0 Å². The van der Waals surface area contributed by atoms with Gasteiger partial charge in [-0.25, -0.2) is 8.42 Å². The van der Waals surface area contributed by atoms with E-state index in [1.165, 1.54) is 19.2 Å². The van der Waals surface area contributed by atoms with Crippen LogP contribution in [0.4, 0.5) is 11.5 Å². The van der Waals surface area contributed by atoms with Crippen LogP contribution in [0.2, 0.25) is 0 Å². The van der Waals surface area contributed by atoms with E-state index in [0.717, 1.165) is 16.4 Å². The first-order valence-electron chi connectivity index (χ1n) is 10.7. The molecule has 0 amide bonds. The fourth-order valence-corrected chi connectivity index (χ4v) is 4.32. The molecule has 0 saturated heterocycles. The summed E-state index contributed by atoms with van der Waals surface area (Å²) < 4.78 is 33.9. The van der Waals surface area contributed by atoms with Crippen molar-refractivity contribution in [2.75, 3.05) is 52.8 Å². The van der Waals surface area contributed by atoms with Gasteiger partial charge in [-0.15, -0.1) is 0 Å². The average Bonchev–Trinajstić information content (AvgIpc) is 3.19. The van der Waals surface area contributed by atoms with Crippen LogP contribution in [0.5, 0.6) is 5.88 Å². The second-order valence-corrected chi connectivity index (χ2v) is 10.4. The number of anilines is 2. The predicted molar refractivity (Wildman–Crippen MR) is 128 cm³/mol. The maximum Gasteiger partial charge on any atom is 0.242 e. The normalized spacial score (nSPS) is 12.3. The highest BCUT2D eigenvalue weighted by molar-refractivity contribution is 7.89. The molecule has 0 radical (unpaired) electrons. The summed E-state index contributed by atoms with van der Waals surface area (Å²) in [6.07, 6.45) is 1.80. The lowest BCUT2D eigenvalue weighted by molar-refractivity contribution is 0.254. The Morgan fingerprint density at radius 1 is 1.15 bits per heavy atom. The maximum absolute atomic E-state index is 12.6. The number of likely N-dealkylation sites (N-methyl/N-ethyl adjacent to an activating group) is 2. The van der Waals surface area contributed by atoms with Crippen LogP contribution in [0.3, 0.4) is 0 Å². The molecule has 180 valence electrons. The third kappa shape index (κ3) is 5.80. The second kappa shape index (κ2) is 10.5. The van der Waals surface area contributed by atoms with Gasteiger partial charge in [-0.2, -0.15) is 18.9 Å². The minimum Gasteiger partial charge on any atom is -0.476 e. The number of fused-ring (bicyclic) bond motifs is 1. The lowest BCUT2D eigenvalue weighted by atomic mass is 10.1. The van der Waals surface area contributed by atoms with Crippen LogP contribution in [-0.2, 0) is 10.0 Å². The van der Waals surface area contributed by atoms with E-state index in [-0.39, 0.29) is 24.0 Å². The Morgan fingerprint density at radius 2 is 1.85 bits per heavy atom. The molecule has 0 saturated carbocycles. The lowest BCUT2D eigenvalue weighted by Crippen LogP contribution is -2.29. The van der Waals surface area contributed by atoms with Crippen LogP contribution in [0.1, 0.15) is 25.3 Å². The van der Waals surface area contributed by atoms with E-state index in [2.05, 4.69) is 29.2 Å². The lowest BCUT2D eigenvalue weighted by Gasteiger charge is -2.16. The standard InChI is InChI=1S/C22H32N6O4S/c1-16(2)19-15-23-28-20(14-21(25-22(19)28)32-13-11-26(3)4)24-17-6-8-18(9-7-17)33(30,31)27(5)10-12-29/h6-9,14-16,24,29H,10-13H2,1-5H3. The van der Waals surface area contributed by atoms with Gasteiger partial charge < -0.3 is 20.1 Å². The molecule has 0 aliphatic heterocycles. The average molecular weight is 477 g/mol. The Morgan fingerprint density at radius 3 is 2.45 bits per heavy atom. The number of aliphatic hydroxyl groups is 1. The molecule has 0 bridgehead atoms. The molecule has 3 rings (SSSR count). The monoisotopic (exact) mass is 476 g/mol. The summed E-state index contributed by atoms with van der Waals surface area (Å²) in [6.45, 7) is 5.21. The van der Waals surface area contributed by atoms with E-state index in [1.54, 1.807) is 28.9 Å². The quantitative estimate of drug-likeness (QED) is 0.433. The number of aromatic nitrogens is 3. The molecule has 1 aromatic carbocycles. The summed E-state index contributed by atoms with van der Waals surface area (Å²) in [5.74, 6) is 1.37. The molecular weight excluding hydrogens is 444 g/mol. The Labute approximate surface area is 194 Å². The zero-order valence-corrected chi connectivity index (χ0v) is 20.5. The largest absolute Gasteiger partial charge is 0.476 e. The summed E-state index contributed by atoms with van der Waals surface area (Å²) in [5.41, 5.74) is 2.40. The number of nitrogens with zero attached hydrogens (tertiary/aromatic N) is 5. The summed E-state index contributed by atoms with van der Waals surface area (Å²) in [4.78, 5) is 6.84. The molecule has 0 aliphatic rings. The maximum atomic E-state index is 12.6. The Hall–Kier alpha value is -2.73. The highest BCUT2D eigenvalue weighted by Gasteiger charge is 2.20. The molecule has 3 aromatic rings. The fraction of sp³-hybridized carbons (Fsp3) is 0.455. The Balaban J connectivity index is 1.91. The van der Waals surface area contributed by atoms with Gasteiger partial charge in [0.15, 0.2) is 5.65 Å². The third-order valence-corrected chi connectivity index (χ3v) is 7.01. The van der Waals surface area contributed by atoms with Crippen molar-refractivity contribution < 1.29 is 18.3 Å². The minimum atomic E-state index is -3.66. The van der Waals surface area contributed by atoms with E-state index in [4.69, 9.17) is 9.84 Å². The van der Waals surface area contributed by atoms with Gasteiger partial charge in [0.05, 0.1) is 17.7 Å². The summed E-state index contributed by atoms with van der Waals surface area (Å²) in [5, 5.41) is 16.8. The number of sulfonamides is 1. The van der Waals surface area contributed by atoms with Crippen LogP contribution < -0.4 is 10.1 Å². The van der Waals surface area contributed by atoms with E-state index in [1.807, 2.05) is 19.0 Å². The summed E-state index contributed by atoms with van der Waals surface area (Å²) >= 11 is 0. The van der Waals surface area contributed by atoms with Crippen LogP contribution in [0, 0.1) is 0 Å². The minimum absolute atomic E-state index is 0.0331. The van der Waals surface area contributed by atoms with Gasteiger partial charge in [-0.05, 0) is 44.3 Å². The van der Waals surface area contributed by atoms with Gasteiger partial charge in [-0.1, -0.05) is 13.8 Å². The van der Waals surface area contributed by atoms with Gasteiger partial charge in [-0.3, -0.25) is 0 Å². The first kappa shape index (κ1) is 24.9. The predicted octanol–water partition coefficient (Wildman–Crippen LogP) is 2.15.